The average molecular weight is 399 g/mol. The molecule has 0 bridgehead atoms. The van der Waals surface area contributed by atoms with Crippen molar-refractivity contribution in [1.29, 1.82) is 0 Å². The number of amides is 3. The van der Waals surface area contributed by atoms with E-state index in [1.807, 2.05) is 25.2 Å². The van der Waals surface area contributed by atoms with Crippen molar-refractivity contribution < 1.29 is 27.5 Å². The van der Waals surface area contributed by atoms with Crippen molar-refractivity contribution in [2.45, 2.75) is 39.0 Å². The third-order valence-corrected chi connectivity index (χ3v) is 5.77. The van der Waals surface area contributed by atoms with Crippen LogP contribution in [-0.4, -0.2) is 46.5 Å². The molecule has 27 heavy (non-hydrogen) atoms. The molecule has 0 aliphatic rings. The van der Waals surface area contributed by atoms with Crippen molar-refractivity contribution in [3.8, 4) is 0 Å². The summed E-state index contributed by atoms with van der Waals surface area (Å²) in [5.74, 6) is -1.55. The molecule has 0 spiro atoms. The van der Waals surface area contributed by atoms with Crippen LogP contribution in [-0.2, 0) is 24.3 Å². The Kier molecular flexibility index (Phi) is 7.92. The molecule has 10 heteroatoms. The number of ether oxygens (including phenoxy) is 1. The van der Waals surface area contributed by atoms with E-state index in [2.05, 4.69) is 14.8 Å². The number of urea groups is 1. The molecule has 0 aromatic heterocycles. The molecular formula is C17H25N3O6S. The Morgan fingerprint density at radius 2 is 1.59 bits per heavy atom. The van der Waals surface area contributed by atoms with Gasteiger partial charge in [-0.2, -0.15) is 0 Å². The van der Waals surface area contributed by atoms with Crippen LogP contribution in [0.2, 0.25) is 0 Å². The predicted octanol–water partition coefficient (Wildman–Crippen LogP) is 0.587. The van der Waals surface area contributed by atoms with E-state index in [1.165, 1.54) is 7.05 Å². The normalized spacial score (nSPS) is 11.0. The molecule has 0 aliphatic heterocycles. The van der Waals surface area contributed by atoms with E-state index in [-0.39, 0.29) is 17.9 Å². The summed E-state index contributed by atoms with van der Waals surface area (Å²) in [6, 6.07) is 1.20. The van der Waals surface area contributed by atoms with Crippen LogP contribution in [0.1, 0.15) is 28.7 Å². The molecule has 0 saturated carbocycles. The van der Waals surface area contributed by atoms with Gasteiger partial charge in [0.05, 0.1) is 11.3 Å². The Hall–Kier alpha value is -2.46. The highest BCUT2D eigenvalue weighted by Gasteiger charge is 2.22. The number of imide groups is 1. The van der Waals surface area contributed by atoms with Gasteiger partial charge >= 0.3 is 12.0 Å². The second-order valence-electron chi connectivity index (χ2n) is 6.03. The Labute approximate surface area is 158 Å². The number of carbonyl (C=O) groups excluding carboxylic acids is 3. The van der Waals surface area contributed by atoms with Crippen molar-refractivity contribution in [3.05, 3.63) is 28.3 Å². The first kappa shape index (κ1) is 22.6. The van der Waals surface area contributed by atoms with Crippen molar-refractivity contribution in [3.63, 3.8) is 0 Å². The molecule has 3 N–H and O–H groups in total. The summed E-state index contributed by atoms with van der Waals surface area (Å²) in [4.78, 5) is 34.1. The van der Waals surface area contributed by atoms with E-state index >= 15 is 0 Å². The highest BCUT2D eigenvalue weighted by atomic mass is 32.2. The number of hydrogen-bond acceptors (Lipinski definition) is 6. The number of carbonyl (C=O) groups is 3. The molecule has 1 aromatic carbocycles. The summed E-state index contributed by atoms with van der Waals surface area (Å²) in [5, 5.41) is 4.11. The number of benzene rings is 1. The van der Waals surface area contributed by atoms with Crippen molar-refractivity contribution in [2.75, 3.05) is 20.2 Å². The molecule has 9 nitrogen and oxygen atoms in total. The van der Waals surface area contributed by atoms with Gasteiger partial charge < -0.3 is 10.1 Å². The molecule has 0 radical (unpaired) electrons. The standard InChI is InChI=1S/C17H25N3O6S/c1-10-8-11(2)13(4)16(12(10)3)27(24,25)19-7-6-15(22)26-9-14(21)20-17(23)18-5/h8,19H,6-7,9H2,1-5H3,(H2,18,20,21,23). The lowest BCUT2D eigenvalue weighted by atomic mass is 10.0. The van der Waals surface area contributed by atoms with Gasteiger partial charge in [0.15, 0.2) is 6.61 Å². The van der Waals surface area contributed by atoms with Crippen molar-refractivity contribution in [2.24, 2.45) is 0 Å². The first-order chi connectivity index (χ1) is 12.5. The number of nitrogens with one attached hydrogen (secondary N) is 3. The SMILES string of the molecule is CNC(=O)NC(=O)COC(=O)CCNS(=O)(=O)c1c(C)c(C)cc(C)c1C. The Balaban J connectivity index is 2.63. The minimum absolute atomic E-state index is 0.176. The van der Waals surface area contributed by atoms with Crippen LogP contribution in [0.4, 0.5) is 4.79 Å². The first-order valence-corrected chi connectivity index (χ1v) is 9.72. The summed E-state index contributed by atoms with van der Waals surface area (Å²) in [6.07, 6.45) is -0.255. The van der Waals surface area contributed by atoms with Gasteiger partial charge in [0.25, 0.3) is 5.91 Å². The van der Waals surface area contributed by atoms with Gasteiger partial charge in [-0.25, -0.2) is 17.9 Å². The fourth-order valence-electron chi connectivity index (χ4n) is 2.39. The third kappa shape index (κ3) is 6.33. The molecule has 150 valence electrons. The molecule has 0 atom stereocenters. The van der Waals surface area contributed by atoms with Crippen LogP contribution < -0.4 is 15.4 Å². The van der Waals surface area contributed by atoms with Gasteiger partial charge in [-0.05, 0) is 49.9 Å². The maximum absolute atomic E-state index is 12.6. The molecule has 0 fully saturated rings. The van der Waals surface area contributed by atoms with E-state index in [0.29, 0.717) is 11.1 Å². The molecule has 0 aliphatic carbocycles. The van der Waals surface area contributed by atoms with Crippen LogP contribution in [0.25, 0.3) is 0 Å². The van der Waals surface area contributed by atoms with Gasteiger partial charge in [0.1, 0.15) is 0 Å². The van der Waals surface area contributed by atoms with Crippen LogP contribution in [0.3, 0.4) is 0 Å². The number of esters is 1. The molecule has 1 aromatic rings. The summed E-state index contributed by atoms with van der Waals surface area (Å²) >= 11 is 0. The summed E-state index contributed by atoms with van der Waals surface area (Å²) < 4.78 is 32.3. The van der Waals surface area contributed by atoms with Crippen molar-refractivity contribution >= 4 is 27.9 Å². The number of sulfonamides is 1. The van der Waals surface area contributed by atoms with Gasteiger partial charge in [-0.1, -0.05) is 6.07 Å². The van der Waals surface area contributed by atoms with Gasteiger partial charge in [0.2, 0.25) is 10.0 Å². The van der Waals surface area contributed by atoms with Gasteiger partial charge in [-0.3, -0.25) is 14.9 Å². The largest absolute Gasteiger partial charge is 0.456 e. The third-order valence-electron chi connectivity index (χ3n) is 4.03. The first-order valence-electron chi connectivity index (χ1n) is 8.23. The average Bonchev–Trinajstić information content (AvgIpc) is 2.58. The van der Waals surface area contributed by atoms with E-state index in [0.717, 1.165) is 11.1 Å². The Morgan fingerprint density at radius 1 is 1.04 bits per heavy atom. The lowest BCUT2D eigenvalue weighted by Gasteiger charge is -2.16. The number of aryl methyl sites for hydroxylation is 2. The lowest BCUT2D eigenvalue weighted by molar-refractivity contribution is -0.148. The topological polar surface area (TPSA) is 131 Å². The Morgan fingerprint density at radius 3 is 2.11 bits per heavy atom. The monoisotopic (exact) mass is 399 g/mol. The second-order valence-corrected chi connectivity index (χ2v) is 7.73. The smallest absolute Gasteiger partial charge is 0.321 e. The molecule has 0 heterocycles. The quantitative estimate of drug-likeness (QED) is 0.575. The van der Waals surface area contributed by atoms with Crippen molar-refractivity contribution in [1.82, 2.24) is 15.4 Å². The molecule has 0 unspecified atom stereocenters. The van der Waals surface area contributed by atoms with Gasteiger partial charge in [-0.15, -0.1) is 0 Å². The van der Waals surface area contributed by atoms with Gasteiger partial charge in [0, 0.05) is 13.6 Å². The van der Waals surface area contributed by atoms with E-state index in [9.17, 15) is 22.8 Å². The number of hydrogen-bond donors (Lipinski definition) is 3. The van der Waals surface area contributed by atoms with Crippen LogP contribution in [0.15, 0.2) is 11.0 Å². The molecule has 3 amide bonds. The zero-order valence-corrected chi connectivity index (χ0v) is 16.9. The van der Waals surface area contributed by atoms with Crippen LogP contribution in [0, 0.1) is 27.7 Å². The van der Waals surface area contributed by atoms with E-state index in [4.69, 9.17) is 0 Å². The predicted molar refractivity (Wildman–Crippen MR) is 98.8 cm³/mol. The fraction of sp³-hybridized carbons (Fsp3) is 0.471. The van der Waals surface area contributed by atoms with E-state index < -0.39 is 34.5 Å². The molecular weight excluding hydrogens is 374 g/mol. The highest BCUT2D eigenvalue weighted by molar-refractivity contribution is 7.89. The molecule has 1 rings (SSSR count). The number of rotatable bonds is 7. The maximum Gasteiger partial charge on any atom is 0.321 e. The van der Waals surface area contributed by atoms with Crippen LogP contribution in [0.5, 0.6) is 0 Å². The minimum Gasteiger partial charge on any atom is -0.456 e. The summed E-state index contributed by atoms with van der Waals surface area (Å²) in [5.41, 5.74) is 3.03. The zero-order valence-electron chi connectivity index (χ0n) is 16.1. The highest BCUT2D eigenvalue weighted by Crippen LogP contribution is 2.25. The lowest BCUT2D eigenvalue weighted by Crippen LogP contribution is -2.39. The second kappa shape index (κ2) is 9.47. The summed E-state index contributed by atoms with van der Waals surface area (Å²) in [7, 11) is -2.47. The zero-order chi connectivity index (χ0) is 20.8. The Bertz CT molecular complexity index is 822. The maximum atomic E-state index is 12.6. The minimum atomic E-state index is -3.80. The summed E-state index contributed by atoms with van der Waals surface area (Å²) in [6.45, 7) is 6.33. The fourth-order valence-corrected chi connectivity index (χ4v) is 4.03. The van der Waals surface area contributed by atoms with Crippen LogP contribution >= 0.6 is 0 Å². The molecule has 0 saturated heterocycles. The van der Waals surface area contributed by atoms with E-state index in [1.54, 1.807) is 13.8 Å².